The molecular formula is C14H19ClN4. The first-order valence-corrected chi connectivity index (χ1v) is 6.85. The smallest absolute Gasteiger partial charge is 0.0896 e. The summed E-state index contributed by atoms with van der Waals surface area (Å²) >= 11 is 6.26. The van der Waals surface area contributed by atoms with E-state index in [2.05, 4.69) is 29.6 Å². The van der Waals surface area contributed by atoms with E-state index in [1.54, 1.807) is 6.20 Å². The number of nitrogens with two attached hydrogens (primary N) is 1. The molecular weight excluding hydrogens is 260 g/mol. The number of nitrogens with zero attached hydrogens (tertiary/aromatic N) is 2. The van der Waals surface area contributed by atoms with Crippen LogP contribution < -0.4 is 11.3 Å². The first-order chi connectivity index (χ1) is 9.22. The lowest BCUT2D eigenvalue weighted by atomic mass is 9.97. The van der Waals surface area contributed by atoms with E-state index in [9.17, 15) is 0 Å². The number of rotatable bonds is 5. The van der Waals surface area contributed by atoms with Crippen LogP contribution in [-0.2, 0) is 13.0 Å². The molecule has 102 valence electrons. The van der Waals surface area contributed by atoms with Gasteiger partial charge in [0.1, 0.15) is 0 Å². The number of benzene rings is 1. The van der Waals surface area contributed by atoms with Crippen molar-refractivity contribution in [2.24, 2.45) is 5.84 Å². The van der Waals surface area contributed by atoms with Crippen LogP contribution in [0.5, 0.6) is 0 Å². The van der Waals surface area contributed by atoms with Crippen LogP contribution in [0.25, 0.3) is 0 Å². The van der Waals surface area contributed by atoms with Crippen LogP contribution in [0.15, 0.2) is 30.5 Å². The Labute approximate surface area is 118 Å². The van der Waals surface area contributed by atoms with Gasteiger partial charge in [-0.15, -0.1) is 0 Å². The lowest BCUT2D eigenvalue weighted by Gasteiger charge is -2.21. The maximum atomic E-state index is 6.26. The first-order valence-electron chi connectivity index (χ1n) is 6.48. The van der Waals surface area contributed by atoms with Gasteiger partial charge in [-0.05, 0) is 24.5 Å². The van der Waals surface area contributed by atoms with Crippen LogP contribution in [0.3, 0.4) is 0 Å². The minimum atomic E-state index is -0.147. The number of hydrogen-bond donors (Lipinski definition) is 2. The maximum absolute atomic E-state index is 6.26. The van der Waals surface area contributed by atoms with Crippen molar-refractivity contribution in [1.82, 2.24) is 15.2 Å². The monoisotopic (exact) mass is 278 g/mol. The fourth-order valence-electron chi connectivity index (χ4n) is 2.36. The van der Waals surface area contributed by atoms with E-state index in [-0.39, 0.29) is 6.04 Å². The van der Waals surface area contributed by atoms with Gasteiger partial charge in [-0.25, -0.2) is 5.43 Å². The average molecular weight is 279 g/mol. The number of nitrogens with one attached hydrogen (secondary N) is 1. The molecule has 0 aliphatic carbocycles. The van der Waals surface area contributed by atoms with Gasteiger partial charge < -0.3 is 0 Å². The number of aryl methyl sites for hydroxylation is 2. The normalized spacial score (nSPS) is 12.6. The van der Waals surface area contributed by atoms with Gasteiger partial charge >= 0.3 is 0 Å². The van der Waals surface area contributed by atoms with E-state index in [4.69, 9.17) is 17.4 Å². The van der Waals surface area contributed by atoms with Crippen LogP contribution in [-0.4, -0.2) is 9.78 Å². The van der Waals surface area contributed by atoms with Crippen molar-refractivity contribution in [3.05, 3.63) is 52.3 Å². The number of aromatic nitrogens is 2. The predicted molar refractivity (Wildman–Crippen MR) is 77.9 cm³/mol. The van der Waals surface area contributed by atoms with Crippen LogP contribution >= 0.6 is 11.6 Å². The van der Waals surface area contributed by atoms with Crippen molar-refractivity contribution in [3.63, 3.8) is 0 Å². The molecule has 0 saturated heterocycles. The Bertz CT molecular complexity index is 550. The quantitative estimate of drug-likeness (QED) is 0.653. The van der Waals surface area contributed by atoms with Crippen molar-refractivity contribution >= 4 is 11.6 Å². The number of hydrogen-bond acceptors (Lipinski definition) is 3. The van der Waals surface area contributed by atoms with E-state index in [1.807, 2.05) is 23.7 Å². The molecule has 3 N–H and O–H groups in total. The summed E-state index contributed by atoms with van der Waals surface area (Å²) in [5.41, 5.74) is 6.17. The van der Waals surface area contributed by atoms with Crippen molar-refractivity contribution in [3.8, 4) is 0 Å². The van der Waals surface area contributed by atoms with Crippen LogP contribution in [0, 0.1) is 0 Å². The first kappa shape index (κ1) is 14.1. The zero-order valence-electron chi connectivity index (χ0n) is 11.2. The Hall–Kier alpha value is -1.36. The van der Waals surface area contributed by atoms with E-state index < -0.39 is 0 Å². The van der Waals surface area contributed by atoms with Gasteiger partial charge in [-0.2, -0.15) is 5.10 Å². The molecule has 1 heterocycles. The summed E-state index contributed by atoms with van der Waals surface area (Å²) < 4.78 is 1.87. The highest BCUT2D eigenvalue weighted by atomic mass is 35.5. The van der Waals surface area contributed by atoms with Crippen LogP contribution in [0.1, 0.15) is 36.7 Å². The van der Waals surface area contributed by atoms with Gasteiger partial charge in [0, 0.05) is 6.54 Å². The topological polar surface area (TPSA) is 55.9 Å². The Morgan fingerprint density at radius 3 is 2.74 bits per heavy atom. The standard InChI is InChI=1S/C14H19ClN4/c1-3-10-7-5-6-8-11(10)13(18-16)14-12(15)9-17-19(14)4-2/h5-9,13,18H,3-4,16H2,1-2H3. The Morgan fingerprint density at radius 2 is 2.11 bits per heavy atom. The summed E-state index contributed by atoms with van der Waals surface area (Å²) in [5, 5.41) is 4.91. The molecule has 0 saturated carbocycles. The van der Waals surface area contributed by atoms with Crippen LogP contribution in [0.2, 0.25) is 5.02 Å². The van der Waals surface area contributed by atoms with Gasteiger partial charge in [0.25, 0.3) is 0 Å². The molecule has 1 aromatic heterocycles. The molecule has 0 amide bonds. The van der Waals surface area contributed by atoms with Crippen molar-refractivity contribution in [2.75, 3.05) is 0 Å². The fourth-order valence-corrected chi connectivity index (χ4v) is 2.62. The summed E-state index contributed by atoms with van der Waals surface area (Å²) in [5.74, 6) is 5.76. The molecule has 1 atom stereocenters. The minimum Gasteiger partial charge on any atom is -0.271 e. The molecule has 2 rings (SSSR count). The molecule has 0 spiro atoms. The second kappa shape index (κ2) is 6.19. The molecule has 2 aromatic rings. The van der Waals surface area contributed by atoms with E-state index in [0.717, 1.165) is 24.2 Å². The lowest BCUT2D eigenvalue weighted by Crippen LogP contribution is -2.31. The third-order valence-corrected chi connectivity index (χ3v) is 3.61. The van der Waals surface area contributed by atoms with Gasteiger partial charge in [0.05, 0.1) is 23.0 Å². The highest BCUT2D eigenvalue weighted by molar-refractivity contribution is 6.31. The van der Waals surface area contributed by atoms with Gasteiger partial charge in [0.15, 0.2) is 0 Å². The van der Waals surface area contributed by atoms with Crippen molar-refractivity contribution < 1.29 is 0 Å². The highest BCUT2D eigenvalue weighted by Crippen LogP contribution is 2.29. The minimum absolute atomic E-state index is 0.147. The van der Waals surface area contributed by atoms with E-state index in [1.165, 1.54) is 5.56 Å². The fraction of sp³-hybridized carbons (Fsp3) is 0.357. The molecule has 0 aliphatic rings. The second-order valence-corrected chi connectivity index (χ2v) is 4.75. The summed E-state index contributed by atoms with van der Waals surface area (Å²) in [4.78, 5) is 0. The molecule has 0 bridgehead atoms. The molecule has 1 aromatic carbocycles. The van der Waals surface area contributed by atoms with E-state index >= 15 is 0 Å². The summed E-state index contributed by atoms with van der Waals surface area (Å²) in [7, 11) is 0. The van der Waals surface area contributed by atoms with Gasteiger partial charge in [0.2, 0.25) is 0 Å². The van der Waals surface area contributed by atoms with Crippen molar-refractivity contribution in [1.29, 1.82) is 0 Å². The zero-order chi connectivity index (χ0) is 13.8. The molecule has 4 nitrogen and oxygen atoms in total. The third-order valence-electron chi connectivity index (χ3n) is 3.32. The van der Waals surface area contributed by atoms with Crippen molar-refractivity contribution in [2.45, 2.75) is 32.9 Å². The summed E-state index contributed by atoms with van der Waals surface area (Å²) in [6.45, 7) is 4.92. The highest BCUT2D eigenvalue weighted by Gasteiger charge is 2.22. The predicted octanol–water partition coefficient (Wildman–Crippen LogP) is 2.67. The molecule has 0 aliphatic heterocycles. The second-order valence-electron chi connectivity index (χ2n) is 4.35. The maximum Gasteiger partial charge on any atom is 0.0896 e. The van der Waals surface area contributed by atoms with Gasteiger partial charge in [-0.1, -0.05) is 42.8 Å². The lowest BCUT2D eigenvalue weighted by molar-refractivity contribution is 0.541. The van der Waals surface area contributed by atoms with Crippen LogP contribution in [0.4, 0.5) is 0 Å². The number of halogens is 1. The molecule has 0 radical (unpaired) electrons. The van der Waals surface area contributed by atoms with E-state index in [0.29, 0.717) is 5.02 Å². The molecule has 19 heavy (non-hydrogen) atoms. The zero-order valence-corrected chi connectivity index (χ0v) is 12.0. The summed E-state index contributed by atoms with van der Waals surface area (Å²) in [6.07, 6.45) is 2.62. The molecule has 1 unspecified atom stereocenters. The Kier molecular flexibility index (Phi) is 4.58. The molecule has 0 fully saturated rings. The average Bonchev–Trinajstić information content (AvgIpc) is 2.82. The Morgan fingerprint density at radius 1 is 1.37 bits per heavy atom. The van der Waals surface area contributed by atoms with Gasteiger partial charge in [-0.3, -0.25) is 10.5 Å². The Balaban J connectivity index is 2.53. The summed E-state index contributed by atoms with van der Waals surface area (Å²) in [6, 6.07) is 8.09. The number of hydrazine groups is 1. The SMILES string of the molecule is CCc1ccccc1C(NN)c1c(Cl)cnn1CC. The largest absolute Gasteiger partial charge is 0.271 e. The third kappa shape index (κ3) is 2.66. The molecule has 5 heteroatoms.